The predicted octanol–water partition coefficient (Wildman–Crippen LogP) is 0.529. The fourth-order valence-corrected chi connectivity index (χ4v) is 0.712. The molecule has 1 radical (unpaired) electrons. The van der Waals surface area contributed by atoms with Gasteiger partial charge in [0.05, 0.1) is 11.7 Å². The molecule has 0 aliphatic heterocycles. The molecule has 2 aromatic rings. The number of hydrogen-bond donors (Lipinski definition) is 0. The first-order valence-corrected chi connectivity index (χ1v) is 2.62. The Bertz CT molecular complexity index is 282. The van der Waals surface area contributed by atoms with E-state index in [-0.39, 0.29) is 0 Å². The van der Waals surface area contributed by atoms with Gasteiger partial charge in [-0.1, -0.05) is 0 Å². The third-order valence-corrected chi connectivity index (χ3v) is 1.12. The minimum Gasteiger partial charge on any atom is -0.243 e. The van der Waals surface area contributed by atoms with Crippen LogP contribution in [0.2, 0.25) is 0 Å². The van der Waals surface area contributed by atoms with E-state index >= 15 is 0 Å². The zero-order valence-electron chi connectivity index (χ0n) is 4.65. The summed E-state index contributed by atoms with van der Waals surface area (Å²) >= 11 is 0. The van der Waals surface area contributed by atoms with Crippen molar-refractivity contribution < 1.29 is 0 Å². The molecule has 0 amide bonds. The van der Waals surface area contributed by atoms with E-state index in [1.54, 1.807) is 29.3 Å². The van der Waals surface area contributed by atoms with Gasteiger partial charge in [0.25, 0.3) is 0 Å². The Labute approximate surface area is 52.0 Å². The average molecular weight is 118 g/mol. The Morgan fingerprint density at radius 1 is 1.56 bits per heavy atom. The lowest BCUT2D eigenvalue weighted by molar-refractivity contribution is 0.925. The minimum absolute atomic E-state index is 0.900. The van der Waals surface area contributed by atoms with Crippen LogP contribution in [0.3, 0.4) is 0 Å². The van der Waals surface area contributed by atoms with E-state index in [1.165, 1.54) is 0 Å². The molecule has 0 atom stereocenters. The molecule has 0 spiro atoms. The molecule has 0 aliphatic rings. The quantitative estimate of drug-likeness (QED) is 0.505. The summed E-state index contributed by atoms with van der Waals surface area (Å²) in [6.45, 7) is 0. The molecule has 3 heteroatoms. The fourth-order valence-electron chi connectivity index (χ4n) is 0.712. The minimum atomic E-state index is 0.900. The van der Waals surface area contributed by atoms with Crippen molar-refractivity contribution in [2.45, 2.75) is 0 Å². The highest BCUT2D eigenvalue weighted by atomic mass is 15.2. The van der Waals surface area contributed by atoms with Crippen molar-refractivity contribution in [2.24, 2.45) is 0 Å². The molecule has 2 aromatic heterocycles. The van der Waals surface area contributed by atoms with Gasteiger partial charge in [-0.15, -0.1) is 0 Å². The summed E-state index contributed by atoms with van der Waals surface area (Å²) in [5, 5.41) is 3.96. The van der Waals surface area contributed by atoms with Crippen LogP contribution in [0.1, 0.15) is 0 Å². The smallest absolute Gasteiger partial charge is 0.117 e. The van der Waals surface area contributed by atoms with E-state index in [2.05, 4.69) is 16.1 Å². The molecule has 9 heavy (non-hydrogen) atoms. The van der Waals surface area contributed by atoms with E-state index in [0.29, 0.717) is 0 Å². The second kappa shape index (κ2) is 1.55. The molecular formula is C6H4N3. The maximum Gasteiger partial charge on any atom is 0.117 e. The summed E-state index contributed by atoms with van der Waals surface area (Å²) in [4.78, 5) is 3.87. The summed E-state index contributed by atoms with van der Waals surface area (Å²) in [5.74, 6) is 0. The zero-order valence-corrected chi connectivity index (χ0v) is 4.65. The molecule has 0 saturated heterocycles. The maximum atomic E-state index is 3.96. The van der Waals surface area contributed by atoms with Crippen molar-refractivity contribution in [1.29, 1.82) is 0 Å². The van der Waals surface area contributed by atoms with Gasteiger partial charge in [0, 0.05) is 12.3 Å². The third-order valence-electron chi connectivity index (χ3n) is 1.12. The van der Waals surface area contributed by atoms with Crippen LogP contribution >= 0.6 is 0 Å². The summed E-state index contributed by atoms with van der Waals surface area (Å²) in [7, 11) is 0. The van der Waals surface area contributed by atoms with Crippen molar-refractivity contribution in [2.75, 3.05) is 0 Å². The average Bonchev–Trinajstić information content (AvgIpc) is 2.33. The van der Waals surface area contributed by atoms with Crippen LogP contribution in [0.4, 0.5) is 0 Å². The Hall–Kier alpha value is -1.38. The van der Waals surface area contributed by atoms with Crippen LogP contribution in [-0.2, 0) is 0 Å². The van der Waals surface area contributed by atoms with Gasteiger partial charge in [-0.05, 0) is 6.07 Å². The topological polar surface area (TPSA) is 30.2 Å². The van der Waals surface area contributed by atoms with Gasteiger partial charge in [-0.25, -0.2) is 9.50 Å². The standard InChI is InChI=1S/C6H4N3/c1-2-6-4-7-5-9(6)8-3-1/h1,3-5H. The van der Waals surface area contributed by atoms with Crippen LogP contribution < -0.4 is 0 Å². The second-order valence-corrected chi connectivity index (χ2v) is 1.70. The van der Waals surface area contributed by atoms with E-state index in [1.807, 2.05) is 0 Å². The normalized spacial score (nSPS) is 10.2. The molecular weight excluding hydrogens is 114 g/mol. The SMILES string of the molecule is [c]1ccnn2cncc12. The van der Waals surface area contributed by atoms with Crippen molar-refractivity contribution in [3.05, 3.63) is 30.9 Å². The highest BCUT2D eigenvalue weighted by Gasteiger charge is 1.87. The zero-order chi connectivity index (χ0) is 6.10. The van der Waals surface area contributed by atoms with E-state index in [0.717, 1.165) is 5.52 Å². The van der Waals surface area contributed by atoms with Crippen molar-refractivity contribution in [3.8, 4) is 0 Å². The van der Waals surface area contributed by atoms with Gasteiger partial charge < -0.3 is 0 Å². The van der Waals surface area contributed by atoms with Crippen LogP contribution in [0.15, 0.2) is 24.8 Å². The van der Waals surface area contributed by atoms with E-state index < -0.39 is 0 Å². The van der Waals surface area contributed by atoms with Crippen molar-refractivity contribution >= 4 is 5.52 Å². The van der Waals surface area contributed by atoms with Gasteiger partial charge in [0.15, 0.2) is 0 Å². The van der Waals surface area contributed by atoms with Crippen LogP contribution in [-0.4, -0.2) is 14.6 Å². The number of rotatable bonds is 0. The lowest BCUT2D eigenvalue weighted by Crippen LogP contribution is -1.84. The lowest BCUT2D eigenvalue weighted by atomic mass is 10.5. The molecule has 2 heterocycles. The molecule has 0 aromatic carbocycles. The lowest BCUT2D eigenvalue weighted by Gasteiger charge is -1.84. The van der Waals surface area contributed by atoms with Crippen LogP contribution in [0.25, 0.3) is 5.52 Å². The van der Waals surface area contributed by atoms with Gasteiger partial charge in [0.2, 0.25) is 0 Å². The number of fused-ring (bicyclic) bond motifs is 1. The Kier molecular flexibility index (Phi) is 0.773. The summed E-state index contributed by atoms with van der Waals surface area (Å²) < 4.78 is 1.67. The molecule has 2 rings (SSSR count). The highest BCUT2D eigenvalue weighted by Crippen LogP contribution is 1.94. The molecule has 0 fully saturated rings. The molecule has 43 valence electrons. The molecule has 3 nitrogen and oxygen atoms in total. The largest absolute Gasteiger partial charge is 0.243 e. The van der Waals surface area contributed by atoms with Crippen LogP contribution in [0.5, 0.6) is 0 Å². The number of imidazole rings is 1. The Morgan fingerprint density at radius 3 is 3.44 bits per heavy atom. The monoisotopic (exact) mass is 118 g/mol. The van der Waals surface area contributed by atoms with E-state index in [4.69, 9.17) is 0 Å². The summed E-state index contributed by atoms with van der Waals surface area (Å²) in [6, 6.07) is 4.73. The van der Waals surface area contributed by atoms with Crippen molar-refractivity contribution in [1.82, 2.24) is 14.6 Å². The Morgan fingerprint density at radius 2 is 2.56 bits per heavy atom. The molecule has 0 N–H and O–H groups in total. The van der Waals surface area contributed by atoms with Gasteiger partial charge in [0.1, 0.15) is 6.33 Å². The molecule has 0 bridgehead atoms. The summed E-state index contributed by atoms with van der Waals surface area (Å²) in [5.41, 5.74) is 0.900. The first-order chi connectivity index (χ1) is 4.47. The highest BCUT2D eigenvalue weighted by molar-refractivity contribution is 5.40. The van der Waals surface area contributed by atoms with Crippen molar-refractivity contribution in [3.63, 3.8) is 0 Å². The third kappa shape index (κ3) is 0.579. The maximum absolute atomic E-state index is 3.96. The van der Waals surface area contributed by atoms with E-state index in [9.17, 15) is 0 Å². The molecule has 0 aliphatic carbocycles. The first-order valence-electron chi connectivity index (χ1n) is 2.62. The fraction of sp³-hybridized carbons (Fsp3) is 0. The number of nitrogens with zero attached hydrogens (tertiary/aromatic N) is 3. The Balaban J connectivity index is 2.95. The number of hydrogen-bond acceptors (Lipinski definition) is 2. The van der Waals surface area contributed by atoms with Crippen LogP contribution in [0, 0.1) is 6.07 Å². The second-order valence-electron chi connectivity index (χ2n) is 1.70. The molecule has 0 saturated carbocycles. The molecule has 0 unspecified atom stereocenters. The summed E-state index contributed by atoms with van der Waals surface area (Å²) in [6.07, 6.45) is 5.04. The number of aromatic nitrogens is 3. The van der Waals surface area contributed by atoms with Gasteiger partial charge in [-0.2, -0.15) is 5.10 Å². The predicted molar refractivity (Wildman–Crippen MR) is 31.8 cm³/mol. The van der Waals surface area contributed by atoms with Gasteiger partial charge in [-0.3, -0.25) is 0 Å². The first kappa shape index (κ1) is 4.49. The van der Waals surface area contributed by atoms with Gasteiger partial charge >= 0.3 is 0 Å².